The van der Waals surface area contributed by atoms with Gasteiger partial charge in [-0.05, 0) is 47.7 Å². The number of benzene rings is 1. The molecular weight excluding hydrogens is 301 g/mol. The molecule has 0 aliphatic heterocycles. The minimum absolute atomic E-state index is 0.143. The van der Waals surface area contributed by atoms with Crippen molar-refractivity contribution in [3.8, 4) is 0 Å². The molecule has 0 saturated heterocycles. The first-order valence-electron chi connectivity index (χ1n) is 6.64. The van der Waals surface area contributed by atoms with Gasteiger partial charge in [0, 0.05) is 5.39 Å². The Hall–Kier alpha value is -2.53. The molecule has 0 amide bonds. The fraction of sp³-hybridized carbons (Fsp3) is 0.0588. The average molecular weight is 313 g/mol. The first-order chi connectivity index (χ1) is 10.6. The number of aromatic amines is 1. The van der Waals surface area contributed by atoms with Crippen LogP contribution in [0.25, 0.3) is 16.3 Å². The largest absolute Gasteiger partial charge is 0.313 e. The number of thiophene rings is 1. The van der Waals surface area contributed by atoms with Crippen molar-refractivity contribution in [2.45, 2.75) is 6.92 Å². The second kappa shape index (κ2) is 5.69. The topological polar surface area (TPSA) is 49.9 Å². The maximum Gasteiger partial charge on any atom is 0.260 e. The SMILES string of the molecule is Cc1c(C(=O)C=Cc2ccc(F)cc2)c(=O)[nH]c2sccc12. The van der Waals surface area contributed by atoms with E-state index < -0.39 is 0 Å². The number of aromatic nitrogens is 1. The summed E-state index contributed by atoms with van der Waals surface area (Å²) < 4.78 is 12.8. The smallest absolute Gasteiger partial charge is 0.260 e. The Kier molecular flexibility index (Phi) is 3.73. The molecule has 1 N–H and O–H groups in total. The lowest BCUT2D eigenvalue weighted by atomic mass is 10.0. The fourth-order valence-corrected chi connectivity index (χ4v) is 3.14. The van der Waals surface area contributed by atoms with Crippen molar-refractivity contribution in [2.75, 3.05) is 0 Å². The van der Waals surface area contributed by atoms with Crippen molar-refractivity contribution in [3.63, 3.8) is 0 Å². The van der Waals surface area contributed by atoms with Crippen LogP contribution in [0.1, 0.15) is 21.5 Å². The van der Waals surface area contributed by atoms with Crippen LogP contribution in [0.4, 0.5) is 4.39 Å². The normalized spacial score (nSPS) is 11.4. The number of carbonyl (C=O) groups is 1. The zero-order chi connectivity index (χ0) is 15.7. The Balaban J connectivity index is 1.98. The molecule has 3 nitrogen and oxygen atoms in total. The van der Waals surface area contributed by atoms with Crippen LogP contribution in [0, 0.1) is 12.7 Å². The lowest BCUT2D eigenvalue weighted by molar-refractivity contribution is 0.104. The molecule has 0 unspecified atom stereocenters. The summed E-state index contributed by atoms with van der Waals surface area (Å²) in [5.41, 5.74) is 1.12. The van der Waals surface area contributed by atoms with Crippen LogP contribution >= 0.6 is 11.3 Å². The van der Waals surface area contributed by atoms with Crippen LogP contribution in [0.5, 0.6) is 0 Å². The lowest BCUT2D eigenvalue weighted by Gasteiger charge is -2.02. The standard InChI is InChI=1S/C17H12FNO2S/c1-10-13-8-9-22-17(13)19-16(21)15(10)14(20)7-4-11-2-5-12(18)6-3-11/h2-9H,1H3,(H,19,21). The summed E-state index contributed by atoms with van der Waals surface area (Å²) in [6.07, 6.45) is 2.90. The van der Waals surface area contributed by atoms with Crippen LogP contribution in [-0.2, 0) is 0 Å². The first kappa shape index (κ1) is 14.4. The van der Waals surface area contributed by atoms with Gasteiger partial charge in [0.25, 0.3) is 5.56 Å². The highest BCUT2D eigenvalue weighted by atomic mass is 32.1. The van der Waals surface area contributed by atoms with E-state index in [1.165, 1.54) is 29.5 Å². The monoisotopic (exact) mass is 313 g/mol. The van der Waals surface area contributed by atoms with Crippen LogP contribution in [-0.4, -0.2) is 10.8 Å². The van der Waals surface area contributed by atoms with Gasteiger partial charge in [0.2, 0.25) is 0 Å². The number of allylic oxidation sites excluding steroid dienone is 1. The molecule has 2 heterocycles. The van der Waals surface area contributed by atoms with Crippen molar-refractivity contribution in [3.05, 3.63) is 74.6 Å². The van der Waals surface area contributed by atoms with Gasteiger partial charge in [-0.1, -0.05) is 18.2 Å². The maximum absolute atomic E-state index is 12.8. The Morgan fingerprint density at radius 3 is 2.68 bits per heavy atom. The summed E-state index contributed by atoms with van der Waals surface area (Å²) in [5, 5.41) is 2.75. The van der Waals surface area contributed by atoms with Crippen LogP contribution in [0.15, 0.2) is 46.6 Å². The number of rotatable bonds is 3. The number of carbonyl (C=O) groups excluding carboxylic acids is 1. The number of hydrogen-bond acceptors (Lipinski definition) is 3. The van der Waals surface area contributed by atoms with Crippen molar-refractivity contribution in [1.29, 1.82) is 0 Å². The van der Waals surface area contributed by atoms with Crippen LogP contribution in [0.2, 0.25) is 0 Å². The molecular formula is C17H12FNO2S. The average Bonchev–Trinajstić information content (AvgIpc) is 2.95. The van der Waals surface area contributed by atoms with E-state index in [-0.39, 0.29) is 22.7 Å². The van der Waals surface area contributed by atoms with E-state index in [0.29, 0.717) is 11.1 Å². The molecule has 3 rings (SSSR count). The van der Waals surface area contributed by atoms with Crippen molar-refractivity contribution >= 4 is 33.4 Å². The molecule has 22 heavy (non-hydrogen) atoms. The molecule has 1 aromatic carbocycles. The van der Waals surface area contributed by atoms with E-state index in [1.807, 2.05) is 11.4 Å². The van der Waals surface area contributed by atoms with Gasteiger partial charge >= 0.3 is 0 Å². The molecule has 3 aromatic rings. The third-order valence-electron chi connectivity index (χ3n) is 3.44. The molecule has 0 radical (unpaired) electrons. The lowest BCUT2D eigenvalue weighted by Crippen LogP contribution is -2.18. The van der Waals surface area contributed by atoms with Gasteiger partial charge < -0.3 is 4.98 Å². The zero-order valence-corrected chi connectivity index (χ0v) is 12.5. The molecule has 110 valence electrons. The number of ketones is 1. The second-order valence-corrected chi connectivity index (χ2v) is 5.78. The number of nitrogens with one attached hydrogen (secondary N) is 1. The van der Waals surface area contributed by atoms with Gasteiger partial charge in [0.1, 0.15) is 10.6 Å². The Labute approximate surface area is 129 Å². The third kappa shape index (κ3) is 2.63. The summed E-state index contributed by atoms with van der Waals surface area (Å²) in [4.78, 5) is 27.9. The quantitative estimate of drug-likeness (QED) is 0.588. The van der Waals surface area contributed by atoms with Gasteiger partial charge in [-0.3, -0.25) is 9.59 Å². The maximum atomic E-state index is 12.8. The van der Waals surface area contributed by atoms with E-state index in [1.54, 1.807) is 25.1 Å². The number of fused-ring (bicyclic) bond motifs is 1. The fourth-order valence-electron chi connectivity index (χ4n) is 2.30. The summed E-state index contributed by atoms with van der Waals surface area (Å²) in [7, 11) is 0. The Morgan fingerprint density at radius 2 is 1.95 bits per heavy atom. The predicted molar refractivity (Wildman–Crippen MR) is 86.9 cm³/mol. The van der Waals surface area contributed by atoms with E-state index in [0.717, 1.165) is 10.2 Å². The molecule has 0 saturated carbocycles. The number of aryl methyl sites for hydroxylation is 1. The van der Waals surface area contributed by atoms with Crippen molar-refractivity contribution in [2.24, 2.45) is 0 Å². The molecule has 2 aromatic heterocycles. The molecule has 0 atom stereocenters. The van der Waals surface area contributed by atoms with Crippen LogP contribution in [0.3, 0.4) is 0 Å². The second-order valence-electron chi connectivity index (χ2n) is 4.87. The molecule has 0 fully saturated rings. The van der Waals surface area contributed by atoms with Gasteiger partial charge in [0.05, 0.1) is 5.56 Å². The van der Waals surface area contributed by atoms with Gasteiger partial charge in [-0.15, -0.1) is 11.3 Å². The van der Waals surface area contributed by atoms with Gasteiger partial charge in [-0.2, -0.15) is 0 Å². The van der Waals surface area contributed by atoms with Gasteiger partial charge in [-0.25, -0.2) is 4.39 Å². The van der Waals surface area contributed by atoms with Gasteiger partial charge in [0.15, 0.2) is 5.78 Å². The molecule has 5 heteroatoms. The van der Waals surface area contributed by atoms with Crippen molar-refractivity contribution in [1.82, 2.24) is 4.98 Å². The van der Waals surface area contributed by atoms with Crippen LogP contribution < -0.4 is 5.56 Å². The first-order valence-corrected chi connectivity index (χ1v) is 7.52. The third-order valence-corrected chi connectivity index (χ3v) is 4.27. The minimum Gasteiger partial charge on any atom is -0.313 e. The number of halogens is 1. The zero-order valence-electron chi connectivity index (χ0n) is 11.7. The summed E-state index contributed by atoms with van der Waals surface area (Å²) in [5.74, 6) is -0.699. The highest BCUT2D eigenvalue weighted by Crippen LogP contribution is 2.22. The number of hydrogen-bond donors (Lipinski definition) is 1. The predicted octanol–water partition coefficient (Wildman–Crippen LogP) is 3.93. The van der Waals surface area contributed by atoms with E-state index in [9.17, 15) is 14.0 Å². The summed E-state index contributed by atoms with van der Waals surface area (Å²) >= 11 is 1.43. The molecule has 0 aliphatic carbocycles. The van der Waals surface area contributed by atoms with Crippen molar-refractivity contribution < 1.29 is 9.18 Å². The van der Waals surface area contributed by atoms with E-state index in [4.69, 9.17) is 0 Å². The Bertz CT molecular complexity index is 935. The minimum atomic E-state index is -0.388. The number of H-pyrrole nitrogens is 1. The summed E-state index contributed by atoms with van der Waals surface area (Å²) in [6, 6.07) is 7.65. The number of pyridine rings is 1. The van der Waals surface area contributed by atoms with E-state index >= 15 is 0 Å². The Morgan fingerprint density at radius 1 is 1.23 bits per heavy atom. The van der Waals surface area contributed by atoms with E-state index in [2.05, 4.69) is 4.98 Å². The molecule has 0 bridgehead atoms. The summed E-state index contributed by atoms with van der Waals surface area (Å²) in [6.45, 7) is 1.77. The highest BCUT2D eigenvalue weighted by Gasteiger charge is 2.14. The highest BCUT2D eigenvalue weighted by molar-refractivity contribution is 7.16. The molecule has 0 aliphatic rings. The molecule has 0 spiro atoms.